The summed E-state index contributed by atoms with van der Waals surface area (Å²) in [5, 5.41) is 0. The molecule has 19 heavy (non-hydrogen) atoms. The molecule has 0 saturated carbocycles. The number of carbonyl (C=O) groups is 1. The molecule has 0 aliphatic rings. The van der Waals surface area contributed by atoms with Crippen molar-refractivity contribution in [3.05, 3.63) is 35.9 Å². The summed E-state index contributed by atoms with van der Waals surface area (Å²) in [5.74, 6) is -0.485. The minimum absolute atomic E-state index is 0.441. The van der Waals surface area contributed by atoms with E-state index in [1.807, 2.05) is 37.4 Å². The Balaban J connectivity index is 2.75. The first kappa shape index (κ1) is 15.7. The summed E-state index contributed by atoms with van der Waals surface area (Å²) in [4.78, 5) is 13.8. The lowest BCUT2D eigenvalue weighted by atomic mass is 9.89. The van der Waals surface area contributed by atoms with Gasteiger partial charge in [0.2, 0.25) is 5.91 Å². The molecule has 0 spiro atoms. The number of amides is 1. The molecule has 0 aliphatic heterocycles. The molecule has 4 N–H and O–H groups in total. The van der Waals surface area contributed by atoms with Crippen molar-refractivity contribution in [2.45, 2.75) is 31.7 Å². The molecule has 1 amide bonds. The molecular formula is C15H25N3O. The van der Waals surface area contributed by atoms with Gasteiger partial charge in [-0.05, 0) is 25.6 Å². The van der Waals surface area contributed by atoms with Crippen LogP contribution in [0, 0.1) is 0 Å². The molecular weight excluding hydrogens is 238 g/mol. The average molecular weight is 263 g/mol. The maximum atomic E-state index is 11.8. The van der Waals surface area contributed by atoms with Gasteiger partial charge in [0, 0.05) is 6.54 Å². The van der Waals surface area contributed by atoms with Crippen LogP contribution in [0.4, 0.5) is 0 Å². The van der Waals surface area contributed by atoms with Crippen LogP contribution in [0.1, 0.15) is 31.7 Å². The zero-order valence-electron chi connectivity index (χ0n) is 11.9. The van der Waals surface area contributed by atoms with Crippen molar-refractivity contribution in [1.29, 1.82) is 0 Å². The smallest absolute Gasteiger partial charge is 0.243 e. The molecule has 0 fully saturated rings. The van der Waals surface area contributed by atoms with E-state index < -0.39 is 11.4 Å². The van der Waals surface area contributed by atoms with Gasteiger partial charge in [-0.1, -0.05) is 50.1 Å². The van der Waals surface area contributed by atoms with Crippen LogP contribution in [0.15, 0.2) is 30.3 Å². The molecule has 1 aromatic carbocycles. The summed E-state index contributed by atoms with van der Waals surface area (Å²) >= 11 is 0. The van der Waals surface area contributed by atoms with Crippen LogP contribution in [-0.2, 0) is 10.3 Å². The minimum atomic E-state index is -1.12. The summed E-state index contributed by atoms with van der Waals surface area (Å²) in [6.07, 6.45) is 3.47. The van der Waals surface area contributed by atoms with Gasteiger partial charge in [-0.2, -0.15) is 0 Å². The molecule has 1 aromatic rings. The number of unbranched alkanes of at least 4 members (excludes halogenated alkanes) is 2. The van der Waals surface area contributed by atoms with Gasteiger partial charge >= 0.3 is 0 Å². The van der Waals surface area contributed by atoms with Crippen LogP contribution in [0.2, 0.25) is 0 Å². The zero-order chi connectivity index (χ0) is 14.3. The maximum Gasteiger partial charge on any atom is 0.243 e. The van der Waals surface area contributed by atoms with Crippen molar-refractivity contribution in [2.75, 3.05) is 20.1 Å². The molecule has 0 radical (unpaired) electrons. The highest BCUT2D eigenvalue weighted by molar-refractivity contribution is 5.86. The van der Waals surface area contributed by atoms with E-state index in [-0.39, 0.29) is 0 Å². The first-order chi connectivity index (χ1) is 9.00. The summed E-state index contributed by atoms with van der Waals surface area (Å²) in [7, 11) is 1.98. The number of likely N-dealkylation sites (N-methyl/N-ethyl adjacent to an activating group) is 1. The molecule has 0 aliphatic carbocycles. The van der Waals surface area contributed by atoms with E-state index in [1.54, 1.807) is 0 Å². The number of benzene rings is 1. The highest BCUT2D eigenvalue weighted by atomic mass is 16.1. The monoisotopic (exact) mass is 263 g/mol. The van der Waals surface area contributed by atoms with Gasteiger partial charge in [0.15, 0.2) is 0 Å². The van der Waals surface area contributed by atoms with E-state index in [9.17, 15) is 4.79 Å². The van der Waals surface area contributed by atoms with Gasteiger partial charge in [-0.15, -0.1) is 0 Å². The van der Waals surface area contributed by atoms with Crippen molar-refractivity contribution in [3.8, 4) is 0 Å². The second-order valence-electron chi connectivity index (χ2n) is 5.15. The topological polar surface area (TPSA) is 72.3 Å². The molecule has 1 unspecified atom stereocenters. The Morgan fingerprint density at radius 3 is 2.42 bits per heavy atom. The fourth-order valence-corrected chi connectivity index (χ4v) is 2.18. The molecule has 1 rings (SSSR count). The molecule has 0 saturated heterocycles. The Hall–Kier alpha value is -1.39. The normalized spacial score (nSPS) is 14.3. The SMILES string of the molecule is CCCCCN(C)CC(N)(C(N)=O)c1ccccc1. The van der Waals surface area contributed by atoms with Gasteiger partial charge in [0.25, 0.3) is 0 Å². The highest BCUT2D eigenvalue weighted by Gasteiger charge is 2.34. The third-order valence-electron chi connectivity index (χ3n) is 3.39. The van der Waals surface area contributed by atoms with Crippen LogP contribution < -0.4 is 11.5 Å². The predicted octanol–water partition coefficient (Wildman–Crippen LogP) is 1.45. The first-order valence-electron chi connectivity index (χ1n) is 6.83. The second-order valence-corrected chi connectivity index (χ2v) is 5.15. The third kappa shape index (κ3) is 4.33. The number of carbonyl (C=O) groups excluding carboxylic acids is 1. The molecule has 0 bridgehead atoms. The number of nitrogens with zero attached hydrogens (tertiary/aromatic N) is 1. The van der Waals surface area contributed by atoms with Crippen molar-refractivity contribution < 1.29 is 4.79 Å². The van der Waals surface area contributed by atoms with Crippen molar-refractivity contribution in [3.63, 3.8) is 0 Å². The standard InChI is InChI=1S/C15H25N3O/c1-3-4-8-11-18(2)12-15(17,14(16)19)13-9-6-5-7-10-13/h5-7,9-10H,3-4,8,11-12,17H2,1-2H3,(H2,16,19). The Labute approximate surface area is 115 Å². The van der Waals surface area contributed by atoms with Gasteiger partial charge < -0.3 is 16.4 Å². The number of primary amides is 1. The van der Waals surface area contributed by atoms with E-state index in [0.29, 0.717) is 6.54 Å². The Morgan fingerprint density at radius 2 is 1.89 bits per heavy atom. The van der Waals surface area contributed by atoms with E-state index in [0.717, 1.165) is 18.5 Å². The highest BCUT2D eigenvalue weighted by Crippen LogP contribution is 2.19. The first-order valence-corrected chi connectivity index (χ1v) is 6.83. The Kier molecular flexibility index (Phi) is 5.99. The molecule has 0 aromatic heterocycles. The molecule has 1 atom stereocenters. The van der Waals surface area contributed by atoms with Gasteiger partial charge in [-0.3, -0.25) is 4.79 Å². The summed E-state index contributed by atoms with van der Waals surface area (Å²) in [6, 6.07) is 9.35. The number of nitrogens with two attached hydrogens (primary N) is 2. The molecule has 0 heterocycles. The minimum Gasteiger partial charge on any atom is -0.368 e. The lowest BCUT2D eigenvalue weighted by Gasteiger charge is -2.31. The largest absolute Gasteiger partial charge is 0.368 e. The Bertz CT molecular complexity index is 394. The van der Waals surface area contributed by atoms with Crippen LogP contribution in [0.25, 0.3) is 0 Å². The lowest BCUT2D eigenvalue weighted by Crippen LogP contribution is -2.55. The summed E-state index contributed by atoms with van der Waals surface area (Å²) in [6.45, 7) is 3.53. The van der Waals surface area contributed by atoms with Gasteiger partial charge in [0.1, 0.15) is 5.54 Å². The molecule has 4 nitrogen and oxygen atoms in total. The number of hydrogen-bond acceptors (Lipinski definition) is 3. The lowest BCUT2D eigenvalue weighted by molar-refractivity contribution is -0.124. The molecule has 106 valence electrons. The van der Waals surface area contributed by atoms with Crippen molar-refractivity contribution in [2.24, 2.45) is 11.5 Å². The number of hydrogen-bond donors (Lipinski definition) is 2. The van der Waals surface area contributed by atoms with E-state index >= 15 is 0 Å². The fourth-order valence-electron chi connectivity index (χ4n) is 2.18. The predicted molar refractivity (Wildman–Crippen MR) is 78.5 cm³/mol. The average Bonchev–Trinajstić information content (AvgIpc) is 2.39. The van der Waals surface area contributed by atoms with Crippen LogP contribution in [-0.4, -0.2) is 30.9 Å². The Morgan fingerprint density at radius 1 is 1.26 bits per heavy atom. The van der Waals surface area contributed by atoms with E-state index in [4.69, 9.17) is 11.5 Å². The summed E-state index contributed by atoms with van der Waals surface area (Å²) < 4.78 is 0. The fraction of sp³-hybridized carbons (Fsp3) is 0.533. The van der Waals surface area contributed by atoms with Crippen molar-refractivity contribution in [1.82, 2.24) is 4.90 Å². The van der Waals surface area contributed by atoms with Crippen LogP contribution in [0.5, 0.6) is 0 Å². The second kappa shape index (κ2) is 7.26. The van der Waals surface area contributed by atoms with Gasteiger partial charge in [-0.25, -0.2) is 0 Å². The van der Waals surface area contributed by atoms with E-state index in [2.05, 4.69) is 11.8 Å². The quantitative estimate of drug-likeness (QED) is 0.697. The van der Waals surface area contributed by atoms with Crippen LogP contribution in [0.3, 0.4) is 0 Å². The third-order valence-corrected chi connectivity index (χ3v) is 3.39. The summed E-state index contributed by atoms with van der Waals surface area (Å²) in [5.41, 5.74) is 11.4. The number of rotatable bonds is 8. The molecule has 4 heteroatoms. The van der Waals surface area contributed by atoms with Gasteiger partial charge in [0.05, 0.1) is 0 Å². The van der Waals surface area contributed by atoms with Crippen LogP contribution >= 0.6 is 0 Å². The van der Waals surface area contributed by atoms with E-state index in [1.165, 1.54) is 12.8 Å². The van der Waals surface area contributed by atoms with Crippen molar-refractivity contribution >= 4 is 5.91 Å². The zero-order valence-corrected chi connectivity index (χ0v) is 11.9. The maximum absolute atomic E-state index is 11.8.